The second kappa shape index (κ2) is 9.47. The van der Waals surface area contributed by atoms with E-state index in [1.807, 2.05) is 61.5 Å². The van der Waals surface area contributed by atoms with Gasteiger partial charge in [-0.25, -0.2) is 14.4 Å². The zero-order valence-electron chi connectivity index (χ0n) is 17.4. The van der Waals surface area contributed by atoms with E-state index in [0.717, 1.165) is 27.8 Å². The number of fused-ring (bicyclic) bond motifs is 1. The highest BCUT2D eigenvalue weighted by atomic mass is 19.1. The second-order valence-corrected chi connectivity index (χ2v) is 7.66. The van der Waals surface area contributed by atoms with E-state index in [2.05, 4.69) is 15.3 Å². The molecule has 0 aliphatic carbocycles. The summed E-state index contributed by atoms with van der Waals surface area (Å²) in [5.74, 6) is -0.409. The van der Waals surface area contributed by atoms with E-state index in [0.29, 0.717) is 30.5 Å². The van der Waals surface area contributed by atoms with Crippen LogP contribution in [0.5, 0.6) is 0 Å². The van der Waals surface area contributed by atoms with Gasteiger partial charge in [0.1, 0.15) is 5.82 Å². The number of benzene rings is 2. The summed E-state index contributed by atoms with van der Waals surface area (Å²) in [4.78, 5) is 21.0. The molecule has 4 aromatic rings. The monoisotopic (exact) mass is 413 g/mol. The molecule has 1 amide bonds. The highest BCUT2D eigenvalue weighted by Gasteiger charge is 2.08. The van der Waals surface area contributed by atoms with Gasteiger partial charge in [0.2, 0.25) is 5.91 Å². The number of aryl methyl sites for hydroxylation is 2. The van der Waals surface area contributed by atoms with Crippen LogP contribution < -0.4 is 5.32 Å². The minimum Gasteiger partial charge on any atom is -0.352 e. The molecule has 0 atom stereocenters. The Morgan fingerprint density at radius 1 is 1.00 bits per heavy atom. The molecule has 0 saturated heterocycles. The molecule has 0 bridgehead atoms. The third-order valence-electron chi connectivity index (χ3n) is 5.24. The number of nitrogens with zero attached hydrogens (tertiary/aromatic N) is 2. The predicted molar refractivity (Wildman–Crippen MR) is 121 cm³/mol. The molecular weight excluding hydrogens is 389 g/mol. The number of carbonyl (C=O) groups excluding carboxylic acids is 1. The van der Waals surface area contributed by atoms with Crippen LogP contribution >= 0.6 is 0 Å². The average Bonchev–Trinajstić information content (AvgIpc) is 2.78. The van der Waals surface area contributed by atoms with Crippen molar-refractivity contribution in [2.24, 2.45) is 0 Å². The third-order valence-corrected chi connectivity index (χ3v) is 5.24. The minimum absolute atomic E-state index is 0.0962. The summed E-state index contributed by atoms with van der Waals surface area (Å²) >= 11 is 0. The second-order valence-electron chi connectivity index (χ2n) is 7.66. The standard InChI is InChI=1S/C26H24FN3O/c1-18-5-2-6-20(15-18)21-10-11-22(24(27)16-21)17-29-25(31)9-3-8-23-13-12-19-7-4-14-28-26(19)30-23/h2,4-7,10-16H,3,8-9,17H2,1H3,(H,29,31). The molecule has 31 heavy (non-hydrogen) atoms. The molecule has 0 radical (unpaired) electrons. The molecule has 4 nitrogen and oxygen atoms in total. The van der Waals surface area contributed by atoms with Crippen molar-refractivity contribution in [3.8, 4) is 11.1 Å². The quantitative estimate of drug-likeness (QED) is 0.442. The molecule has 0 fully saturated rings. The fraction of sp³-hybridized carbons (Fsp3) is 0.192. The van der Waals surface area contributed by atoms with E-state index < -0.39 is 0 Å². The number of rotatable bonds is 7. The smallest absolute Gasteiger partial charge is 0.220 e. The Labute approximate surface area is 181 Å². The van der Waals surface area contributed by atoms with E-state index >= 15 is 0 Å². The van der Waals surface area contributed by atoms with Crippen LogP contribution in [0.1, 0.15) is 29.7 Å². The Morgan fingerprint density at radius 2 is 1.87 bits per heavy atom. The van der Waals surface area contributed by atoms with Crippen LogP contribution in [0.25, 0.3) is 22.2 Å². The van der Waals surface area contributed by atoms with E-state index in [9.17, 15) is 9.18 Å². The van der Waals surface area contributed by atoms with Crippen molar-refractivity contribution in [2.45, 2.75) is 32.7 Å². The first-order valence-corrected chi connectivity index (χ1v) is 10.4. The lowest BCUT2D eigenvalue weighted by molar-refractivity contribution is -0.121. The molecule has 0 aliphatic rings. The molecule has 5 heteroatoms. The molecule has 156 valence electrons. The summed E-state index contributed by atoms with van der Waals surface area (Å²) in [6, 6.07) is 20.9. The van der Waals surface area contributed by atoms with Crippen molar-refractivity contribution in [1.29, 1.82) is 0 Å². The summed E-state index contributed by atoms with van der Waals surface area (Å²) in [5.41, 5.74) is 5.04. The van der Waals surface area contributed by atoms with E-state index in [1.54, 1.807) is 12.3 Å². The van der Waals surface area contributed by atoms with Gasteiger partial charge in [-0.3, -0.25) is 4.79 Å². The average molecular weight is 413 g/mol. The summed E-state index contributed by atoms with van der Waals surface area (Å²) in [7, 11) is 0. The van der Waals surface area contributed by atoms with Crippen molar-refractivity contribution < 1.29 is 9.18 Å². The summed E-state index contributed by atoms with van der Waals surface area (Å²) in [6.07, 6.45) is 3.45. The number of halogens is 1. The molecule has 0 spiro atoms. The highest BCUT2D eigenvalue weighted by molar-refractivity contribution is 5.76. The summed E-state index contributed by atoms with van der Waals surface area (Å²) in [6.45, 7) is 2.19. The van der Waals surface area contributed by atoms with Crippen molar-refractivity contribution in [3.05, 3.63) is 95.6 Å². The van der Waals surface area contributed by atoms with Crippen LogP contribution in [0, 0.1) is 12.7 Å². The van der Waals surface area contributed by atoms with Crippen LogP contribution in [0.3, 0.4) is 0 Å². The van der Waals surface area contributed by atoms with E-state index in [4.69, 9.17) is 0 Å². The van der Waals surface area contributed by atoms with Gasteiger partial charge >= 0.3 is 0 Å². The molecular formula is C26H24FN3O. The number of hydrogen-bond acceptors (Lipinski definition) is 3. The zero-order valence-corrected chi connectivity index (χ0v) is 17.4. The minimum atomic E-state index is -0.313. The van der Waals surface area contributed by atoms with Crippen LogP contribution in [0.2, 0.25) is 0 Å². The molecule has 2 aromatic carbocycles. The Kier molecular flexibility index (Phi) is 6.32. The van der Waals surface area contributed by atoms with Gasteiger partial charge in [0.25, 0.3) is 0 Å². The van der Waals surface area contributed by atoms with Gasteiger partial charge in [0.15, 0.2) is 5.65 Å². The molecule has 1 N–H and O–H groups in total. The Hall–Kier alpha value is -3.60. The molecule has 2 aromatic heterocycles. The maximum absolute atomic E-state index is 14.5. The number of aromatic nitrogens is 2. The van der Waals surface area contributed by atoms with Gasteiger partial charge in [-0.1, -0.05) is 42.0 Å². The normalized spacial score (nSPS) is 10.9. The lowest BCUT2D eigenvalue weighted by Crippen LogP contribution is -2.23. The summed E-state index contributed by atoms with van der Waals surface area (Å²) in [5, 5.41) is 3.81. The zero-order chi connectivity index (χ0) is 21.6. The van der Waals surface area contributed by atoms with Gasteiger partial charge in [-0.2, -0.15) is 0 Å². The van der Waals surface area contributed by atoms with Gasteiger partial charge in [0, 0.05) is 35.8 Å². The van der Waals surface area contributed by atoms with Gasteiger partial charge < -0.3 is 5.32 Å². The van der Waals surface area contributed by atoms with Gasteiger partial charge in [-0.05, 0) is 61.2 Å². The lowest BCUT2D eigenvalue weighted by Gasteiger charge is -2.09. The number of amides is 1. The highest BCUT2D eigenvalue weighted by Crippen LogP contribution is 2.23. The van der Waals surface area contributed by atoms with Gasteiger partial charge in [-0.15, -0.1) is 0 Å². The van der Waals surface area contributed by atoms with Crippen LogP contribution in [-0.4, -0.2) is 15.9 Å². The molecule has 0 aliphatic heterocycles. The van der Waals surface area contributed by atoms with Crippen molar-refractivity contribution in [3.63, 3.8) is 0 Å². The fourth-order valence-electron chi connectivity index (χ4n) is 3.54. The first kappa shape index (κ1) is 20.7. The van der Waals surface area contributed by atoms with Crippen LogP contribution in [0.4, 0.5) is 4.39 Å². The SMILES string of the molecule is Cc1cccc(-c2ccc(CNC(=O)CCCc3ccc4cccnc4n3)c(F)c2)c1. The molecule has 0 saturated carbocycles. The topological polar surface area (TPSA) is 54.9 Å². The number of nitrogens with one attached hydrogen (secondary N) is 1. The molecule has 4 rings (SSSR count). The Morgan fingerprint density at radius 3 is 2.71 bits per heavy atom. The number of pyridine rings is 2. The van der Waals surface area contributed by atoms with Crippen LogP contribution in [0.15, 0.2) is 72.9 Å². The van der Waals surface area contributed by atoms with Crippen LogP contribution in [-0.2, 0) is 17.8 Å². The largest absolute Gasteiger partial charge is 0.352 e. The predicted octanol–water partition coefficient (Wildman–Crippen LogP) is 5.38. The fourth-order valence-corrected chi connectivity index (χ4v) is 3.54. The third kappa shape index (κ3) is 5.31. The first-order valence-electron chi connectivity index (χ1n) is 10.4. The van der Waals surface area contributed by atoms with E-state index in [1.165, 1.54) is 6.07 Å². The first-order chi connectivity index (χ1) is 15.1. The van der Waals surface area contributed by atoms with Crippen molar-refractivity contribution >= 4 is 16.9 Å². The summed E-state index contributed by atoms with van der Waals surface area (Å²) < 4.78 is 14.5. The van der Waals surface area contributed by atoms with Crippen molar-refractivity contribution in [1.82, 2.24) is 15.3 Å². The molecule has 2 heterocycles. The van der Waals surface area contributed by atoms with Crippen molar-refractivity contribution in [2.75, 3.05) is 0 Å². The number of hydrogen-bond donors (Lipinski definition) is 1. The maximum Gasteiger partial charge on any atom is 0.220 e. The van der Waals surface area contributed by atoms with Gasteiger partial charge in [0.05, 0.1) is 0 Å². The lowest BCUT2D eigenvalue weighted by atomic mass is 10.0. The Balaban J connectivity index is 1.28. The maximum atomic E-state index is 14.5. The Bertz CT molecular complexity index is 1220. The van der Waals surface area contributed by atoms with E-state index in [-0.39, 0.29) is 18.3 Å². The molecule has 0 unspecified atom stereocenters. The number of carbonyl (C=O) groups is 1.